The van der Waals surface area contributed by atoms with Crippen LogP contribution in [-0.2, 0) is 19.4 Å². The summed E-state index contributed by atoms with van der Waals surface area (Å²) in [5, 5.41) is 8.86. The zero-order chi connectivity index (χ0) is 16.8. The molecule has 1 aliphatic heterocycles. The Hall–Kier alpha value is -2.63. The van der Waals surface area contributed by atoms with Crippen LogP contribution in [0, 0.1) is 5.82 Å². The number of benzene rings is 1. The third-order valence-electron chi connectivity index (χ3n) is 3.98. The minimum absolute atomic E-state index is 0.240. The number of rotatable bonds is 5. The van der Waals surface area contributed by atoms with Gasteiger partial charge in [0.2, 0.25) is 0 Å². The van der Waals surface area contributed by atoms with Crippen LogP contribution in [0.25, 0.3) is 0 Å². The maximum Gasteiger partial charge on any atom is 0.315 e. The molecule has 5 nitrogen and oxygen atoms in total. The number of urea groups is 1. The monoisotopic (exact) mass is 328 g/mol. The highest BCUT2D eigenvalue weighted by Crippen LogP contribution is 2.19. The van der Waals surface area contributed by atoms with Crippen molar-refractivity contribution in [2.45, 2.75) is 25.8 Å². The van der Waals surface area contributed by atoms with E-state index in [0.717, 1.165) is 36.5 Å². The van der Waals surface area contributed by atoms with Crippen LogP contribution in [0.1, 0.15) is 23.2 Å². The molecule has 0 atom stereocenters. The summed E-state index contributed by atoms with van der Waals surface area (Å²) in [6.07, 6.45) is 2.89. The van der Waals surface area contributed by atoms with E-state index in [4.69, 9.17) is 0 Å². The zero-order valence-corrected chi connectivity index (χ0v) is 13.4. The van der Waals surface area contributed by atoms with Crippen molar-refractivity contribution in [3.8, 4) is 0 Å². The summed E-state index contributed by atoms with van der Waals surface area (Å²) in [4.78, 5) is 16.4. The summed E-state index contributed by atoms with van der Waals surface area (Å²) in [5.74, 6) is 0.690. The molecule has 3 N–H and O–H groups in total. The SMILES string of the molecule is O=C(NCCc1ccc2c(n1)NCCC2)NCc1ccc(F)cc1. The molecule has 0 saturated carbocycles. The summed E-state index contributed by atoms with van der Waals surface area (Å²) in [7, 11) is 0. The van der Waals surface area contributed by atoms with Gasteiger partial charge < -0.3 is 16.0 Å². The second kappa shape index (κ2) is 7.77. The van der Waals surface area contributed by atoms with Gasteiger partial charge in [-0.25, -0.2) is 14.2 Å². The number of nitrogens with zero attached hydrogens (tertiary/aromatic N) is 1. The van der Waals surface area contributed by atoms with Gasteiger partial charge in [0.1, 0.15) is 11.6 Å². The predicted molar refractivity (Wildman–Crippen MR) is 91.4 cm³/mol. The number of carbonyl (C=O) groups is 1. The fourth-order valence-electron chi connectivity index (χ4n) is 2.66. The van der Waals surface area contributed by atoms with Gasteiger partial charge in [0, 0.05) is 31.7 Å². The molecule has 2 heterocycles. The van der Waals surface area contributed by atoms with Gasteiger partial charge in [0.05, 0.1) is 0 Å². The molecule has 0 radical (unpaired) electrons. The summed E-state index contributed by atoms with van der Waals surface area (Å²) in [5.41, 5.74) is 3.07. The maximum atomic E-state index is 12.8. The molecule has 0 bridgehead atoms. The van der Waals surface area contributed by atoms with E-state index in [0.29, 0.717) is 19.5 Å². The molecule has 126 valence electrons. The van der Waals surface area contributed by atoms with Crippen molar-refractivity contribution in [1.82, 2.24) is 15.6 Å². The van der Waals surface area contributed by atoms with Crippen LogP contribution in [0.15, 0.2) is 36.4 Å². The average molecular weight is 328 g/mol. The van der Waals surface area contributed by atoms with Crippen molar-refractivity contribution in [1.29, 1.82) is 0 Å². The maximum absolute atomic E-state index is 12.8. The van der Waals surface area contributed by atoms with E-state index in [9.17, 15) is 9.18 Å². The lowest BCUT2D eigenvalue weighted by Crippen LogP contribution is -2.36. The van der Waals surface area contributed by atoms with Crippen LogP contribution in [0.2, 0.25) is 0 Å². The first-order valence-corrected chi connectivity index (χ1v) is 8.19. The lowest BCUT2D eigenvalue weighted by molar-refractivity contribution is 0.240. The second-order valence-electron chi connectivity index (χ2n) is 5.83. The number of fused-ring (bicyclic) bond motifs is 1. The highest BCUT2D eigenvalue weighted by atomic mass is 19.1. The fourth-order valence-corrected chi connectivity index (χ4v) is 2.66. The highest BCUT2D eigenvalue weighted by molar-refractivity contribution is 5.73. The molecule has 1 aliphatic rings. The van der Waals surface area contributed by atoms with Gasteiger partial charge in [-0.05, 0) is 42.2 Å². The molecule has 1 aromatic carbocycles. The Morgan fingerprint density at radius 1 is 1.17 bits per heavy atom. The molecule has 0 saturated heterocycles. The Kier molecular flexibility index (Phi) is 5.25. The van der Waals surface area contributed by atoms with Crippen molar-refractivity contribution in [2.75, 3.05) is 18.4 Å². The van der Waals surface area contributed by atoms with Crippen LogP contribution in [-0.4, -0.2) is 24.1 Å². The van der Waals surface area contributed by atoms with E-state index in [1.165, 1.54) is 17.7 Å². The molecule has 0 aliphatic carbocycles. The molecule has 24 heavy (non-hydrogen) atoms. The van der Waals surface area contributed by atoms with Gasteiger partial charge in [0.25, 0.3) is 0 Å². The van der Waals surface area contributed by atoms with E-state index < -0.39 is 0 Å². The first-order chi connectivity index (χ1) is 11.7. The topological polar surface area (TPSA) is 66.0 Å². The Labute approximate surface area is 140 Å². The summed E-state index contributed by atoms with van der Waals surface area (Å²) in [6.45, 7) is 1.85. The number of halogens is 1. The standard InChI is InChI=1S/C18H21FN4O/c19-15-6-3-13(4-7-15)12-22-18(24)21-11-9-16-8-5-14-2-1-10-20-17(14)23-16/h3-8H,1-2,9-12H2,(H,20,23)(H2,21,22,24). The first-order valence-electron chi connectivity index (χ1n) is 8.19. The number of hydrogen-bond donors (Lipinski definition) is 3. The van der Waals surface area contributed by atoms with Crippen molar-refractivity contribution in [3.05, 3.63) is 59.0 Å². The lowest BCUT2D eigenvalue weighted by Gasteiger charge is -2.17. The molecule has 3 rings (SSSR count). The van der Waals surface area contributed by atoms with E-state index in [1.54, 1.807) is 12.1 Å². The fraction of sp³-hybridized carbons (Fsp3) is 0.333. The second-order valence-corrected chi connectivity index (χ2v) is 5.83. The first kappa shape index (κ1) is 16.2. The van der Waals surface area contributed by atoms with Gasteiger partial charge >= 0.3 is 6.03 Å². The lowest BCUT2D eigenvalue weighted by atomic mass is 10.1. The van der Waals surface area contributed by atoms with Crippen molar-refractivity contribution >= 4 is 11.8 Å². The number of amides is 2. The van der Waals surface area contributed by atoms with Gasteiger partial charge in [-0.2, -0.15) is 0 Å². The number of aryl methyl sites for hydroxylation is 1. The van der Waals surface area contributed by atoms with Crippen molar-refractivity contribution in [3.63, 3.8) is 0 Å². The minimum atomic E-state index is -0.282. The number of aromatic nitrogens is 1. The number of nitrogens with one attached hydrogen (secondary N) is 3. The van der Waals surface area contributed by atoms with E-state index in [-0.39, 0.29) is 11.8 Å². The Balaban J connectivity index is 1.41. The molecule has 2 amide bonds. The van der Waals surface area contributed by atoms with E-state index in [1.807, 2.05) is 6.07 Å². The van der Waals surface area contributed by atoms with Gasteiger partial charge in [-0.1, -0.05) is 18.2 Å². The molecule has 0 spiro atoms. The quantitative estimate of drug-likeness (QED) is 0.790. The van der Waals surface area contributed by atoms with E-state index in [2.05, 4.69) is 27.0 Å². The summed E-state index contributed by atoms with van der Waals surface area (Å²) >= 11 is 0. The predicted octanol–water partition coefficient (Wildman–Crippen LogP) is 2.62. The number of pyridine rings is 1. The van der Waals surface area contributed by atoms with E-state index >= 15 is 0 Å². The van der Waals surface area contributed by atoms with Crippen LogP contribution >= 0.6 is 0 Å². The number of hydrogen-bond acceptors (Lipinski definition) is 3. The molecule has 0 unspecified atom stereocenters. The van der Waals surface area contributed by atoms with Crippen LogP contribution < -0.4 is 16.0 Å². The molecular formula is C18H21FN4O. The molecule has 1 aromatic heterocycles. The summed E-state index contributed by atoms with van der Waals surface area (Å²) in [6, 6.07) is 9.95. The third-order valence-corrected chi connectivity index (χ3v) is 3.98. The molecule has 0 fully saturated rings. The number of carbonyl (C=O) groups excluding carboxylic acids is 1. The Morgan fingerprint density at radius 2 is 2.00 bits per heavy atom. The smallest absolute Gasteiger partial charge is 0.315 e. The number of anilines is 1. The van der Waals surface area contributed by atoms with Crippen molar-refractivity contribution in [2.24, 2.45) is 0 Å². The Bertz CT molecular complexity index is 703. The third kappa shape index (κ3) is 4.44. The molecule has 2 aromatic rings. The van der Waals surface area contributed by atoms with Crippen molar-refractivity contribution < 1.29 is 9.18 Å². The Morgan fingerprint density at radius 3 is 2.83 bits per heavy atom. The van der Waals surface area contributed by atoms with Gasteiger partial charge in [0.15, 0.2) is 0 Å². The van der Waals surface area contributed by atoms with Gasteiger partial charge in [-0.3, -0.25) is 0 Å². The summed E-state index contributed by atoms with van der Waals surface area (Å²) < 4.78 is 12.8. The minimum Gasteiger partial charge on any atom is -0.370 e. The van der Waals surface area contributed by atoms with Crippen LogP contribution in [0.3, 0.4) is 0 Å². The average Bonchev–Trinajstić information content (AvgIpc) is 2.61. The largest absolute Gasteiger partial charge is 0.370 e. The highest BCUT2D eigenvalue weighted by Gasteiger charge is 2.10. The van der Waals surface area contributed by atoms with Crippen LogP contribution in [0.4, 0.5) is 15.0 Å². The van der Waals surface area contributed by atoms with Crippen LogP contribution in [0.5, 0.6) is 0 Å². The molecule has 6 heteroatoms. The van der Waals surface area contributed by atoms with Gasteiger partial charge in [-0.15, -0.1) is 0 Å². The molecular weight excluding hydrogens is 307 g/mol. The zero-order valence-electron chi connectivity index (χ0n) is 13.4. The normalized spacial score (nSPS) is 12.9.